The quantitative estimate of drug-likeness (QED) is 0.714. The van der Waals surface area contributed by atoms with Crippen molar-refractivity contribution in [3.63, 3.8) is 0 Å². The summed E-state index contributed by atoms with van der Waals surface area (Å²) in [6.07, 6.45) is 0. The molecule has 1 amide bonds. The van der Waals surface area contributed by atoms with Crippen LogP contribution in [0.1, 0.15) is 41.7 Å². The number of carbonyl (C=O) groups is 2. The molecular formula is C14H24N4O3. The fourth-order valence-electron chi connectivity index (χ4n) is 1.93. The molecule has 0 saturated heterocycles. The molecule has 118 valence electrons. The van der Waals surface area contributed by atoms with Crippen LogP contribution in [0.25, 0.3) is 0 Å². The monoisotopic (exact) mass is 296 g/mol. The lowest BCUT2D eigenvalue weighted by Crippen LogP contribution is -2.35. The minimum absolute atomic E-state index is 0.222. The Balaban J connectivity index is 2.59. The molecule has 0 radical (unpaired) electrons. The second kappa shape index (κ2) is 8.41. The maximum absolute atomic E-state index is 12.0. The molecule has 0 fully saturated rings. The zero-order valence-corrected chi connectivity index (χ0v) is 13.2. The standard InChI is InChI=1S/C14H24N4O3/c1-5-18(6-2)9-8-15-13(19)11-10-12(17(4)16-11)14(20)21-7-3/h10H,5-9H2,1-4H3,(H,15,19). The SMILES string of the molecule is CCOC(=O)c1cc(C(=O)NCCN(CC)CC)nn1C. The van der Waals surface area contributed by atoms with Crippen molar-refractivity contribution in [3.8, 4) is 0 Å². The maximum atomic E-state index is 12.0. The number of hydrogen-bond acceptors (Lipinski definition) is 5. The lowest BCUT2D eigenvalue weighted by Gasteiger charge is -2.17. The normalized spacial score (nSPS) is 10.7. The topological polar surface area (TPSA) is 76.5 Å². The number of nitrogens with zero attached hydrogens (tertiary/aromatic N) is 3. The number of likely N-dealkylation sites (N-methyl/N-ethyl adjacent to an activating group) is 1. The molecule has 1 heterocycles. The van der Waals surface area contributed by atoms with Crippen LogP contribution >= 0.6 is 0 Å². The molecule has 0 aliphatic rings. The first-order valence-electron chi connectivity index (χ1n) is 7.25. The molecule has 0 aliphatic carbocycles. The highest BCUT2D eigenvalue weighted by atomic mass is 16.5. The van der Waals surface area contributed by atoms with Gasteiger partial charge in [-0.1, -0.05) is 13.8 Å². The van der Waals surface area contributed by atoms with Gasteiger partial charge in [-0.05, 0) is 20.0 Å². The van der Waals surface area contributed by atoms with E-state index >= 15 is 0 Å². The summed E-state index contributed by atoms with van der Waals surface area (Å²) in [5.41, 5.74) is 0.492. The Hall–Kier alpha value is -1.89. The van der Waals surface area contributed by atoms with Crippen LogP contribution < -0.4 is 5.32 Å². The number of aromatic nitrogens is 2. The zero-order chi connectivity index (χ0) is 15.8. The van der Waals surface area contributed by atoms with Crippen LogP contribution in [-0.2, 0) is 11.8 Å². The van der Waals surface area contributed by atoms with Crippen LogP contribution in [0.3, 0.4) is 0 Å². The van der Waals surface area contributed by atoms with Crippen molar-refractivity contribution in [2.45, 2.75) is 20.8 Å². The summed E-state index contributed by atoms with van der Waals surface area (Å²) in [5.74, 6) is -0.761. The Bertz CT molecular complexity index is 481. The number of carbonyl (C=O) groups excluding carboxylic acids is 2. The molecule has 0 bridgehead atoms. The fraction of sp³-hybridized carbons (Fsp3) is 0.643. The lowest BCUT2D eigenvalue weighted by atomic mass is 10.3. The Labute approximate surface area is 125 Å². The lowest BCUT2D eigenvalue weighted by molar-refractivity contribution is 0.0513. The van der Waals surface area contributed by atoms with Crippen LogP contribution in [0.5, 0.6) is 0 Å². The average molecular weight is 296 g/mol. The van der Waals surface area contributed by atoms with E-state index in [1.807, 2.05) is 0 Å². The first-order chi connectivity index (χ1) is 10.0. The second-order valence-corrected chi connectivity index (χ2v) is 4.54. The van der Waals surface area contributed by atoms with E-state index in [-0.39, 0.29) is 23.9 Å². The van der Waals surface area contributed by atoms with Crippen LogP contribution in [0.2, 0.25) is 0 Å². The molecule has 1 aromatic heterocycles. The van der Waals surface area contributed by atoms with E-state index in [4.69, 9.17) is 4.74 Å². The number of rotatable bonds is 8. The number of nitrogens with one attached hydrogen (secondary N) is 1. The maximum Gasteiger partial charge on any atom is 0.356 e. The van der Waals surface area contributed by atoms with Gasteiger partial charge in [0, 0.05) is 26.2 Å². The van der Waals surface area contributed by atoms with Gasteiger partial charge in [0.25, 0.3) is 5.91 Å². The Morgan fingerprint density at radius 1 is 1.33 bits per heavy atom. The van der Waals surface area contributed by atoms with Gasteiger partial charge in [0.05, 0.1) is 6.61 Å². The predicted octanol–water partition coefficient (Wildman–Crippen LogP) is 0.668. The molecule has 1 rings (SSSR count). The van der Waals surface area contributed by atoms with Gasteiger partial charge in [0.1, 0.15) is 5.69 Å². The van der Waals surface area contributed by atoms with Gasteiger partial charge < -0.3 is 15.0 Å². The van der Waals surface area contributed by atoms with Crippen LogP contribution in [0, 0.1) is 0 Å². The van der Waals surface area contributed by atoms with Crippen molar-refractivity contribution in [2.75, 3.05) is 32.8 Å². The molecule has 0 aliphatic heterocycles. The molecule has 0 aromatic carbocycles. The fourth-order valence-corrected chi connectivity index (χ4v) is 1.93. The minimum atomic E-state index is -0.477. The summed E-state index contributed by atoms with van der Waals surface area (Å²) in [7, 11) is 1.61. The summed E-state index contributed by atoms with van der Waals surface area (Å²) in [4.78, 5) is 25.9. The van der Waals surface area contributed by atoms with E-state index in [0.717, 1.165) is 19.6 Å². The highest BCUT2D eigenvalue weighted by Crippen LogP contribution is 2.05. The number of esters is 1. The molecule has 0 unspecified atom stereocenters. The Kier molecular flexibility index (Phi) is 6.87. The molecular weight excluding hydrogens is 272 g/mol. The van der Waals surface area contributed by atoms with Gasteiger partial charge in [-0.3, -0.25) is 9.48 Å². The van der Waals surface area contributed by atoms with E-state index in [1.165, 1.54) is 10.7 Å². The number of hydrogen-bond donors (Lipinski definition) is 1. The van der Waals surface area contributed by atoms with Gasteiger partial charge in [0.2, 0.25) is 0 Å². The van der Waals surface area contributed by atoms with Crippen LogP contribution in [0.4, 0.5) is 0 Å². The van der Waals surface area contributed by atoms with Crippen molar-refractivity contribution < 1.29 is 14.3 Å². The Morgan fingerprint density at radius 3 is 2.57 bits per heavy atom. The van der Waals surface area contributed by atoms with E-state index in [0.29, 0.717) is 6.54 Å². The van der Waals surface area contributed by atoms with Gasteiger partial charge in [-0.25, -0.2) is 4.79 Å². The van der Waals surface area contributed by atoms with Gasteiger partial charge in [-0.15, -0.1) is 0 Å². The Morgan fingerprint density at radius 2 is 2.00 bits per heavy atom. The minimum Gasteiger partial charge on any atom is -0.461 e. The first kappa shape index (κ1) is 17.2. The zero-order valence-electron chi connectivity index (χ0n) is 13.2. The largest absolute Gasteiger partial charge is 0.461 e. The molecule has 0 atom stereocenters. The molecule has 0 spiro atoms. The second-order valence-electron chi connectivity index (χ2n) is 4.54. The number of amides is 1. The molecule has 7 heteroatoms. The van der Waals surface area contributed by atoms with E-state index in [9.17, 15) is 9.59 Å². The first-order valence-corrected chi connectivity index (χ1v) is 7.25. The number of aryl methyl sites for hydroxylation is 1. The van der Waals surface area contributed by atoms with Crippen molar-refractivity contribution in [3.05, 3.63) is 17.5 Å². The average Bonchev–Trinajstić information content (AvgIpc) is 2.86. The van der Waals surface area contributed by atoms with Gasteiger partial charge in [0.15, 0.2) is 5.69 Å². The highest BCUT2D eigenvalue weighted by Gasteiger charge is 2.18. The smallest absolute Gasteiger partial charge is 0.356 e. The molecule has 7 nitrogen and oxygen atoms in total. The van der Waals surface area contributed by atoms with Gasteiger partial charge in [-0.2, -0.15) is 5.10 Å². The number of ether oxygens (including phenoxy) is 1. The van der Waals surface area contributed by atoms with Crippen LogP contribution in [0.15, 0.2) is 6.07 Å². The summed E-state index contributed by atoms with van der Waals surface area (Å²) in [6, 6.07) is 1.45. The summed E-state index contributed by atoms with van der Waals surface area (Å²) >= 11 is 0. The van der Waals surface area contributed by atoms with Crippen molar-refractivity contribution in [2.24, 2.45) is 7.05 Å². The van der Waals surface area contributed by atoms with Gasteiger partial charge >= 0.3 is 5.97 Å². The third-order valence-corrected chi connectivity index (χ3v) is 3.21. The summed E-state index contributed by atoms with van der Waals surface area (Å²) < 4.78 is 6.26. The van der Waals surface area contributed by atoms with Crippen molar-refractivity contribution >= 4 is 11.9 Å². The molecule has 21 heavy (non-hydrogen) atoms. The summed E-state index contributed by atoms with van der Waals surface area (Å²) in [6.45, 7) is 9.41. The van der Waals surface area contributed by atoms with Crippen molar-refractivity contribution in [1.82, 2.24) is 20.0 Å². The van der Waals surface area contributed by atoms with E-state index < -0.39 is 5.97 Å². The van der Waals surface area contributed by atoms with Crippen molar-refractivity contribution in [1.29, 1.82) is 0 Å². The predicted molar refractivity (Wildman–Crippen MR) is 79.3 cm³/mol. The van der Waals surface area contributed by atoms with Crippen LogP contribution in [-0.4, -0.2) is 59.3 Å². The third-order valence-electron chi connectivity index (χ3n) is 3.21. The molecule has 1 N–H and O–H groups in total. The highest BCUT2D eigenvalue weighted by molar-refractivity contribution is 5.95. The van der Waals surface area contributed by atoms with E-state index in [2.05, 4.69) is 29.2 Å². The molecule has 1 aromatic rings. The summed E-state index contributed by atoms with van der Waals surface area (Å²) in [5, 5.41) is 6.84. The third kappa shape index (κ3) is 4.86. The van der Waals surface area contributed by atoms with E-state index in [1.54, 1.807) is 14.0 Å². The molecule has 0 saturated carbocycles.